The molecule has 6 heteroatoms. The minimum atomic E-state index is -0.858. The van der Waals surface area contributed by atoms with E-state index in [1.54, 1.807) is 18.2 Å². The molecule has 21 heavy (non-hydrogen) atoms. The Morgan fingerprint density at radius 2 is 2.29 bits per heavy atom. The van der Waals surface area contributed by atoms with Crippen LogP contribution in [0.2, 0.25) is 0 Å². The minimum Gasteiger partial charge on any atom is -0.481 e. The fourth-order valence-electron chi connectivity index (χ4n) is 2.42. The number of amides is 2. The number of piperidine rings is 1. The van der Waals surface area contributed by atoms with Crippen molar-refractivity contribution in [1.82, 2.24) is 4.90 Å². The van der Waals surface area contributed by atoms with Crippen molar-refractivity contribution in [2.45, 2.75) is 19.3 Å². The number of rotatable bonds is 3. The first-order valence-electron chi connectivity index (χ1n) is 6.85. The van der Waals surface area contributed by atoms with Gasteiger partial charge in [0.25, 0.3) is 0 Å². The van der Waals surface area contributed by atoms with Gasteiger partial charge >= 0.3 is 12.0 Å². The van der Waals surface area contributed by atoms with Gasteiger partial charge in [-0.15, -0.1) is 0 Å². The Bertz CT molecular complexity index is 580. The predicted octanol–water partition coefficient (Wildman–Crippen LogP) is 2.08. The van der Waals surface area contributed by atoms with Gasteiger partial charge in [-0.25, -0.2) is 4.79 Å². The summed E-state index contributed by atoms with van der Waals surface area (Å²) in [6.45, 7) is 0.798. The molecule has 1 fully saturated rings. The third-order valence-electron chi connectivity index (χ3n) is 3.52. The summed E-state index contributed by atoms with van der Waals surface area (Å²) in [5.74, 6) is -1.35. The lowest BCUT2D eigenvalue weighted by Crippen LogP contribution is -2.44. The molecule has 1 aromatic carbocycles. The fourth-order valence-corrected chi connectivity index (χ4v) is 2.42. The first-order chi connectivity index (χ1) is 10.1. The maximum absolute atomic E-state index is 12.2. The summed E-state index contributed by atoms with van der Waals surface area (Å²) in [5, 5.41) is 20.5. The fraction of sp³-hybridized carbons (Fsp3) is 0.400. The molecule has 0 radical (unpaired) electrons. The lowest BCUT2D eigenvalue weighted by Gasteiger charge is -2.30. The average molecular weight is 287 g/mol. The predicted molar refractivity (Wildman–Crippen MR) is 76.7 cm³/mol. The van der Waals surface area contributed by atoms with Gasteiger partial charge in [0.05, 0.1) is 18.4 Å². The first-order valence-corrected chi connectivity index (χ1v) is 6.85. The number of anilines is 1. The van der Waals surface area contributed by atoms with E-state index < -0.39 is 11.9 Å². The van der Waals surface area contributed by atoms with Crippen LogP contribution in [-0.2, 0) is 11.2 Å². The minimum absolute atomic E-state index is 0.235. The van der Waals surface area contributed by atoms with E-state index in [4.69, 9.17) is 10.4 Å². The molecule has 0 bridgehead atoms. The van der Waals surface area contributed by atoms with E-state index in [9.17, 15) is 9.59 Å². The Morgan fingerprint density at radius 1 is 1.48 bits per heavy atom. The van der Waals surface area contributed by atoms with Gasteiger partial charge < -0.3 is 15.3 Å². The summed E-state index contributed by atoms with van der Waals surface area (Å²) in [7, 11) is 0. The molecule has 1 unspecified atom stereocenters. The van der Waals surface area contributed by atoms with Crippen molar-refractivity contribution in [2.24, 2.45) is 5.92 Å². The van der Waals surface area contributed by atoms with Crippen LogP contribution < -0.4 is 5.32 Å². The third-order valence-corrected chi connectivity index (χ3v) is 3.52. The number of hydrogen-bond donors (Lipinski definition) is 2. The number of nitrogens with one attached hydrogen (secondary N) is 1. The van der Waals surface area contributed by atoms with Crippen molar-refractivity contribution in [3.63, 3.8) is 0 Å². The molecule has 110 valence electrons. The number of nitrogens with zero attached hydrogens (tertiary/aromatic N) is 2. The molecule has 0 spiro atoms. The first kappa shape index (κ1) is 14.9. The number of urea groups is 1. The number of carboxylic acid groups (broad SMARTS) is 1. The van der Waals surface area contributed by atoms with Gasteiger partial charge in [0.2, 0.25) is 0 Å². The van der Waals surface area contributed by atoms with Crippen LogP contribution in [0.3, 0.4) is 0 Å². The van der Waals surface area contributed by atoms with Gasteiger partial charge in [0, 0.05) is 18.8 Å². The number of nitriles is 1. The monoisotopic (exact) mass is 287 g/mol. The highest BCUT2D eigenvalue weighted by molar-refractivity contribution is 5.89. The Hall–Kier alpha value is -2.55. The van der Waals surface area contributed by atoms with Gasteiger partial charge in [0.1, 0.15) is 0 Å². The van der Waals surface area contributed by atoms with Gasteiger partial charge in [-0.05, 0) is 30.5 Å². The van der Waals surface area contributed by atoms with Crippen LogP contribution >= 0.6 is 0 Å². The molecule has 1 aliphatic rings. The lowest BCUT2D eigenvalue weighted by atomic mass is 9.99. The van der Waals surface area contributed by atoms with E-state index in [1.165, 1.54) is 4.90 Å². The number of hydrogen-bond acceptors (Lipinski definition) is 3. The van der Waals surface area contributed by atoms with Gasteiger partial charge in [-0.3, -0.25) is 4.79 Å². The molecule has 0 aliphatic carbocycles. The van der Waals surface area contributed by atoms with E-state index in [2.05, 4.69) is 11.4 Å². The summed E-state index contributed by atoms with van der Waals surface area (Å²) in [6, 6.07) is 8.85. The standard InChI is InChI=1S/C15H17N3O3/c16-7-6-11-3-1-5-13(9-11)17-15(21)18-8-2-4-12(10-18)14(19)20/h1,3,5,9,12H,2,4,6,8,10H2,(H,17,21)(H,19,20). The maximum Gasteiger partial charge on any atom is 0.321 e. The van der Waals surface area contributed by atoms with E-state index in [-0.39, 0.29) is 19.0 Å². The van der Waals surface area contributed by atoms with Crippen LogP contribution in [0.1, 0.15) is 18.4 Å². The molecule has 1 saturated heterocycles. The molecule has 6 nitrogen and oxygen atoms in total. The van der Waals surface area contributed by atoms with Crippen molar-refractivity contribution in [3.05, 3.63) is 29.8 Å². The summed E-state index contributed by atoms with van der Waals surface area (Å²) < 4.78 is 0. The molecular weight excluding hydrogens is 270 g/mol. The van der Waals surface area contributed by atoms with Crippen LogP contribution in [0.15, 0.2) is 24.3 Å². The number of carbonyl (C=O) groups excluding carboxylic acids is 1. The Morgan fingerprint density at radius 3 is 3.00 bits per heavy atom. The zero-order chi connectivity index (χ0) is 15.2. The zero-order valence-electron chi connectivity index (χ0n) is 11.6. The van der Waals surface area contributed by atoms with Gasteiger partial charge in [-0.2, -0.15) is 5.26 Å². The summed E-state index contributed by atoms with van der Waals surface area (Å²) in [6.07, 6.45) is 1.59. The normalized spacial score (nSPS) is 17.9. The van der Waals surface area contributed by atoms with Crippen molar-refractivity contribution in [3.8, 4) is 6.07 Å². The summed E-state index contributed by atoms with van der Waals surface area (Å²) in [4.78, 5) is 24.7. The Balaban J connectivity index is 1.99. The number of benzene rings is 1. The van der Waals surface area contributed by atoms with E-state index in [0.29, 0.717) is 25.1 Å². The van der Waals surface area contributed by atoms with Crippen molar-refractivity contribution in [1.29, 1.82) is 5.26 Å². The number of carboxylic acids is 1. The van der Waals surface area contributed by atoms with E-state index in [0.717, 1.165) is 5.56 Å². The molecule has 0 saturated carbocycles. The highest BCUT2D eigenvalue weighted by atomic mass is 16.4. The highest BCUT2D eigenvalue weighted by Gasteiger charge is 2.28. The van der Waals surface area contributed by atoms with E-state index in [1.807, 2.05) is 6.07 Å². The Kier molecular flexibility index (Phi) is 4.77. The molecule has 2 N–H and O–H groups in total. The number of carbonyl (C=O) groups is 2. The van der Waals surface area contributed by atoms with Gasteiger partial charge in [0.15, 0.2) is 0 Å². The molecule has 1 aliphatic heterocycles. The lowest BCUT2D eigenvalue weighted by molar-refractivity contribution is -0.143. The molecule has 0 aromatic heterocycles. The van der Waals surface area contributed by atoms with Crippen LogP contribution in [0.5, 0.6) is 0 Å². The third kappa shape index (κ3) is 3.96. The SMILES string of the molecule is N#CCc1cccc(NC(=O)N2CCCC(C(=O)O)C2)c1. The maximum atomic E-state index is 12.2. The average Bonchev–Trinajstić information content (AvgIpc) is 2.48. The van der Waals surface area contributed by atoms with Crippen molar-refractivity contribution in [2.75, 3.05) is 18.4 Å². The topological polar surface area (TPSA) is 93.4 Å². The molecule has 2 rings (SSSR count). The second-order valence-electron chi connectivity index (χ2n) is 5.09. The second-order valence-corrected chi connectivity index (χ2v) is 5.09. The van der Waals surface area contributed by atoms with Crippen molar-refractivity contribution >= 4 is 17.7 Å². The number of likely N-dealkylation sites (tertiary alicyclic amines) is 1. The largest absolute Gasteiger partial charge is 0.481 e. The van der Waals surface area contributed by atoms with Crippen LogP contribution in [0.25, 0.3) is 0 Å². The smallest absolute Gasteiger partial charge is 0.321 e. The quantitative estimate of drug-likeness (QED) is 0.890. The molecule has 1 aromatic rings. The molecular formula is C15H17N3O3. The molecule has 1 heterocycles. The van der Waals surface area contributed by atoms with Crippen molar-refractivity contribution < 1.29 is 14.7 Å². The van der Waals surface area contributed by atoms with Crippen LogP contribution in [0, 0.1) is 17.2 Å². The van der Waals surface area contributed by atoms with E-state index >= 15 is 0 Å². The Labute approximate surface area is 123 Å². The highest BCUT2D eigenvalue weighted by Crippen LogP contribution is 2.18. The molecule has 2 amide bonds. The van der Waals surface area contributed by atoms with Crippen LogP contribution in [0.4, 0.5) is 10.5 Å². The number of aliphatic carboxylic acids is 1. The van der Waals surface area contributed by atoms with Crippen LogP contribution in [-0.4, -0.2) is 35.1 Å². The second kappa shape index (κ2) is 6.75. The molecule has 1 atom stereocenters. The summed E-state index contributed by atoms with van der Waals surface area (Å²) >= 11 is 0. The van der Waals surface area contributed by atoms with Gasteiger partial charge in [-0.1, -0.05) is 12.1 Å². The zero-order valence-corrected chi connectivity index (χ0v) is 11.6. The summed E-state index contributed by atoms with van der Waals surface area (Å²) in [5.41, 5.74) is 1.45.